The van der Waals surface area contributed by atoms with E-state index in [-0.39, 0.29) is 23.7 Å². The first kappa shape index (κ1) is 17.2. The molecule has 1 aliphatic carbocycles. The zero-order valence-electron chi connectivity index (χ0n) is 13.6. The molecule has 1 atom stereocenters. The van der Waals surface area contributed by atoms with Crippen molar-refractivity contribution in [3.05, 3.63) is 0 Å². The molecule has 0 heterocycles. The second-order valence-corrected chi connectivity index (χ2v) is 6.78. The highest BCUT2D eigenvalue weighted by molar-refractivity contribution is 5.88. The van der Waals surface area contributed by atoms with Gasteiger partial charge in [0.1, 0.15) is 0 Å². The summed E-state index contributed by atoms with van der Waals surface area (Å²) in [5, 5.41) is 2.89. The molecule has 1 amide bonds. The predicted octanol–water partition coefficient (Wildman–Crippen LogP) is 2.23. The average molecular weight is 282 g/mol. The number of rotatable bonds is 9. The Hall–Kier alpha value is -0.900. The normalized spacial score (nSPS) is 16.8. The van der Waals surface area contributed by atoms with Gasteiger partial charge < -0.3 is 5.32 Å². The lowest BCUT2D eigenvalue weighted by Gasteiger charge is -2.25. The van der Waals surface area contributed by atoms with Gasteiger partial charge in [0, 0.05) is 6.04 Å². The number of carbonyl (C=O) groups excluding carboxylic acids is 2. The number of ketones is 1. The Morgan fingerprint density at radius 3 is 2.20 bits per heavy atom. The van der Waals surface area contributed by atoms with Gasteiger partial charge in [-0.1, -0.05) is 27.7 Å². The lowest BCUT2D eigenvalue weighted by Crippen LogP contribution is -2.48. The molecule has 0 bridgehead atoms. The summed E-state index contributed by atoms with van der Waals surface area (Å²) in [6, 6.07) is 0.225. The zero-order chi connectivity index (χ0) is 15.3. The van der Waals surface area contributed by atoms with Crippen molar-refractivity contribution in [2.75, 3.05) is 13.1 Å². The summed E-state index contributed by atoms with van der Waals surface area (Å²) < 4.78 is 0. The van der Waals surface area contributed by atoms with E-state index in [2.05, 4.69) is 24.1 Å². The maximum Gasteiger partial charge on any atom is 0.234 e. The molecule has 0 saturated heterocycles. The summed E-state index contributed by atoms with van der Waals surface area (Å²) in [7, 11) is 0. The molecular formula is C16H30N2O2. The van der Waals surface area contributed by atoms with E-state index < -0.39 is 0 Å². The van der Waals surface area contributed by atoms with Gasteiger partial charge in [0.05, 0.1) is 12.6 Å². The molecule has 0 radical (unpaired) electrons. The van der Waals surface area contributed by atoms with Crippen LogP contribution in [0.15, 0.2) is 0 Å². The van der Waals surface area contributed by atoms with E-state index in [1.165, 1.54) is 12.8 Å². The third kappa shape index (κ3) is 6.04. The molecule has 4 nitrogen and oxygen atoms in total. The molecule has 116 valence electrons. The SMILES string of the molecule is CC(=O)C(NC(=O)CN(CCC(C)C)C1CC1)C(C)C. The molecule has 1 N–H and O–H groups in total. The van der Waals surface area contributed by atoms with Gasteiger partial charge in [-0.25, -0.2) is 0 Å². The highest BCUT2D eigenvalue weighted by Gasteiger charge is 2.31. The average Bonchev–Trinajstić information content (AvgIpc) is 3.14. The monoisotopic (exact) mass is 282 g/mol. The molecule has 0 aromatic carbocycles. The molecule has 0 aromatic heterocycles. The number of Topliss-reactive ketones (excluding diaryl/α,β-unsaturated/α-hetero) is 1. The Bertz CT molecular complexity index is 335. The van der Waals surface area contributed by atoms with Gasteiger partial charge in [-0.2, -0.15) is 0 Å². The smallest absolute Gasteiger partial charge is 0.234 e. The van der Waals surface area contributed by atoms with Gasteiger partial charge in [-0.15, -0.1) is 0 Å². The fraction of sp³-hybridized carbons (Fsp3) is 0.875. The molecule has 1 fully saturated rings. The summed E-state index contributed by atoms with van der Waals surface area (Å²) in [6.07, 6.45) is 3.52. The predicted molar refractivity (Wildman–Crippen MR) is 81.5 cm³/mol. The van der Waals surface area contributed by atoms with E-state index in [0.29, 0.717) is 18.5 Å². The Balaban J connectivity index is 2.46. The molecule has 1 rings (SSSR count). The Morgan fingerprint density at radius 1 is 1.20 bits per heavy atom. The van der Waals surface area contributed by atoms with Gasteiger partial charge in [0.25, 0.3) is 0 Å². The van der Waals surface area contributed by atoms with Crippen molar-refractivity contribution in [3.63, 3.8) is 0 Å². The molecule has 0 aliphatic heterocycles. The molecule has 20 heavy (non-hydrogen) atoms. The van der Waals surface area contributed by atoms with Crippen LogP contribution in [0.4, 0.5) is 0 Å². The minimum atomic E-state index is -0.353. The third-order valence-electron chi connectivity index (χ3n) is 3.82. The first-order valence-corrected chi connectivity index (χ1v) is 7.85. The van der Waals surface area contributed by atoms with Crippen molar-refractivity contribution < 1.29 is 9.59 Å². The molecule has 1 unspecified atom stereocenters. The highest BCUT2D eigenvalue weighted by atomic mass is 16.2. The van der Waals surface area contributed by atoms with Crippen molar-refractivity contribution in [1.29, 1.82) is 0 Å². The zero-order valence-corrected chi connectivity index (χ0v) is 13.6. The fourth-order valence-electron chi connectivity index (χ4n) is 2.40. The number of hydrogen-bond donors (Lipinski definition) is 1. The first-order valence-electron chi connectivity index (χ1n) is 7.85. The van der Waals surface area contributed by atoms with Crippen LogP contribution in [0.25, 0.3) is 0 Å². The van der Waals surface area contributed by atoms with Crippen LogP contribution < -0.4 is 5.32 Å². The molecular weight excluding hydrogens is 252 g/mol. The van der Waals surface area contributed by atoms with E-state index in [1.807, 2.05) is 13.8 Å². The fourth-order valence-corrected chi connectivity index (χ4v) is 2.40. The van der Waals surface area contributed by atoms with Crippen LogP contribution in [-0.2, 0) is 9.59 Å². The summed E-state index contributed by atoms with van der Waals surface area (Å²) in [5.74, 6) is 0.810. The van der Waals surface area contributed by atoms with E-state index in [9.17, 15) is 9.59 Å². The standard InChI is InChI=1S/C16H30N2O2/c1-11(2)8-9-18(14-6-7-14)10-15(20)17-16(12(3)4)13(5)19/h11-12,14,16H,6-10H2,1-5H3,(H,17,20). The van der Waals surface area contributed by atoms with E-state index in [1.54, 1.807) is 6.92 Å². The topological polar surface area (TPSA) is 49.4 Å². The van der Waals surface area contributed by atoms with Gasteiger partial charge in [0.2, 0.25) is 5.91 Å². The van der Waals surface area contributed by atoms with Gasteiger partial charge in [-0.05, 0) is 44.6 Å². The van der Waals surface area contributed by atoms with Gasteiger partial charge >= 0.3 is 0 Å². The van der Waals surface area contributed by atoms with Crippen LogP contribution in [0.3, 0.4) is 0 Å². The summed E-state index contributed by atoms with van der Waals surface area (Å²) in [5.41, 5.74) is 0. The molecule has 0 aromatic rings. The molecule has 4 heteroatoms. The van der Waals surface area contributed by atoms with Crippen LogP contribution in [0.2, 0.25) is 0 Å². The Kier molecular flexibility index (Phi) is 6.66. The maximum atomic E-state index is 12.1. The largest absolute Gasteiger partial charge is 0.345 e. The summed E-state index contributed by atoms with van der Waals surface area (Å²) in [6.45, 7) is 11.3. The lowest BCUT2D eigenvalue weighted by atomic mass is 10.0. The number of hydrogen-bond acceptors (Lipinski definition) is 3. The van der Waals surface area contributed by atoms with Gasteiger partial charge in [-0.3, -0.25) is 14.5 Å². The maximum absolute atomic E-state index is 12.1. The summed E-state index contributed by atoms with van der Waals surface area (Å²) in [4.78, 5) is 26.0. The second kappa shape index (κ2) is 7.77. The Morgan fingerprint density at radius 2 is 1.80 bits per heavy atom. The van der Waals surface area contributed by atoms with Crippen LogP contribution in [-0.4, -0.2) is 41.8 Å². The van der Waals surface area contributed by atoms with Crippen LogP contribution in [0, 0.1) is 11.8 Å². The van der Waals surface area contributed by atoms with Crippen molar-refractivity contribution in [1.82, 2.24) is 10.2 Å². The molecule has 1 saturated carbocycles. The number of amides is 1. The second-order valence-electron chi connectivity index (χ2n) is 6.78. The lowest BCUT2D eigenvalue weighted by molar-refractivity contribution is -0.128. The first-order chi connectivity index (χ1) is 9.31. The van der Waals surface area contributed by atoms with Crippen molar-refractivity contribution in [2.24, 2.45) is 11.8 Å². The molecule has 0 spiro atoms. The number of nitrogens with one attached hydrogen (secondary N) is 1. The van der Waals surface area contributed by atoms with E-state index >= 15 is 0 Å². The van der Waals surface area contributed by atoms with Gasteiger partial charge in [0.15, 0.2) is 5.78 Å². The quantitative estimate of drug-likeness (QED) is 0.705. The van der Waals surface area contributed by atoms with Crippen LogP contribution in [0.1, 0.15) is 53.9 Å². The van der Waals surface area contributed by atoms with Crippen molar-refractivity contribution in [2.45, 2.75) is 66.0 Å². The van der Waals surface area contributed by atoms with Crippen LogP contribution >= 0.6 is 0 Å². The minimum Gasteiger partial charge on any atom is -0.345 e. The molecule has 1 aliphatic rings. The van der Waals surface area contributed by atoms with E-state index in [4.69, 9.17) is 0 Å². The van der Waals surface area contributed by atoms with Crippen LogP contribution in [0.5, 0.6) is 0 Å². The van der Waals surface area contributed by atoms with E-state index in [0.717, 1.165) is 13.0 Å². The summed E-state index contributed by atoms with van der Waals surface area (Å²) >= 11 is 0. The number of carbonyl (C=O) groups is 2. The highest BCUT2D eigenvalue weighted by Crippen LogP contribution is 2.27. The van der Waals surface area contributed by atoms with Crippen molar-refractivity contribution in [3.8, 4) is 0 Å². The Labute approximate surface area is 123 Å². The minimum absolute atomic E-state index is 0.0189. The third-order valence-corrected chi connectivity index (χ3v) is 3.82. The van der Waals surface area contributed by atoms with Crippen molar-refractivity contribution >= 4 is 11.7 Å². The number of nitrogens with zero attached hydrogens (tertiary/aromatic N) is 1.